The number of rotatable bonds is 5. The molecule has 1 N–H and O–H groups in total. The first-order valence-electron chi connectivity index (χ1n) is 6.02. The minimum Gasteiger partial charge on any atom is -0.315 e. The number of likely N-dealkylation sites (N-methyl/N-ethyl adjacent to an activating group) is 2. The molecule has 0 spiro atoms. The monoisotopic (exact) mass is 210 g/mol. The Balaban J connectivity index is 2.80. The first-order chi connectivity index (χ1) is 7.03. The van der Waals surface area contributed by atoms with Crippen molar-refractivity contribution < 1.29 is 0 Å². The van der Waals surface area contributed by atoms with Crippen molar-refractivity contribution >= 4 is 0 Å². The van der Waals surface area contributed by atoms with Gasteiger partial charge in [0.25, 0.3) is 0 Å². The van der Waals surface area contributed by atoms with Gasteiger partial charge in [0.05, 0.1) is 0 Å². The van der Waals surface area contributed by atoms with E-state index in [0.29, 0.717) is 11.6 Å². The van der Waals surface area contributed by atoms with Crippen LogP contribution in [0.2, 0.25) is 0 Å². The zero-order valence-corrected chi connectivity index (χ0v) is 10.8. The number of hydrogen-bond acceptors (Lipinski definition) is 2. The van der Waals surface area contributed by atoms with E-state index in [1.54, 1.807) is 0 Å². The Hall–Kier alpha value is -0.340. The Bertz CT molecular complexity index is 215. The molecule has 2 heteroatoms. The fourth-order valence-corrected chi connectivity index (χ4v) is 3.00. The lowest BCUT2D eigenvalue weighted by Gasteiger charge is -2.43. The average Bonchev–Trinajstić information content (AvgIpc) is 2.63. The van der Waals surface area contributed by atoms with Gasteiger partial charge < -0.3 is 10.2 Å². The Labute approximate surface area is 94.7 Å². The van der Waals surface area contributed by atoms with Crippen LogP contribution in [0.5, 0.6) is 0 Å². The molecular formula is C13H26N2. The third kappa shape index (κ3) is 2.61. The summed E-state index contributed by atoms with van der Waals surface area (Å²) in [5, 5.41) is 3.50. The van der Waals surface area contributed by atoms with Gasteiger partial charge in [0.2, 0.25) is 0 Å². The van der Waals surface area contributed by atoms with Gasteiger partial charge in [0, 0.05) is 11.6 Å². The van der Waals surface area contributed by atoms with E-state index in [4.69, 9.17) is 0 Å². The van der Waals surface area contributed by atoms with Gasteiger partial charge in [0.15, 0.2) is 0 Å². The Morgan fingerprint density at radius 2 is 1.93 bits per heavy atom. The van der Waals surface area contributed by atoms with Gasteiger partial charge in [-0.15, -0.1) is 6.58 Å². The zero-order valence-electron chi connectivity index (χ0n) is 10.8. The van der Waals surface area contributed by atoms with Crippen molar-refractivity contribution in [3.05, 3.63) is 12.2 Å². The van der Waals surface area contributed by atoms with E-state index in [-0.39, 0.29) is 0 Å². The van der Waals surface area contributed by atoms with Crippen molar-refractivity contribution in [2.75, 3.05) is 21.1 Å². The molecule has 1 atom stereocenters. The molecule has 0 saturated heterocycles. The highest BCUT2D eigenvalue weighted by atomic mass is 15.2. The third-order valence-corrected chi connectivity index (χ3v) is 3.91. The van der Waals surface area contributed by atoms with Crippen molar-refractivity contribution in [2.45, 2.75) is 50.6 Å². The molecule has 0 amide bonds. The van der Waals surface area contributed by atoms with Gasteiger partial charge in [-0.2, -0.15) is 0 Å². The predicted octanol–water partition coefficient (Wildman–Crippen LogP) is 2.42. The van der Waals surface area contributed by atoms with Crippen LogP contribution in [0.1, 0.15) is 39.0 Å². The van der Waals surface area contributed by atoms with Crippen LogP contribution in [0, 0.1) is 0 Å². The normalized spacial score (nSPS) is 21.9. The molecule has 0 aliphatic heterocycles. The molecule has 0 heterocycles. The Kier molecular flexibility index (Phi) is 4.35. The number of nitrogens with one attached hydrogen (secondary N) is 1. The maximum Gasteiger partial charge on any atom is 0.0359 e. The summed E-state index contributed by atoms with van der Waals surface area (Å²) in [7, 11) is 6.51. The summed E-state index contributed by atoms with van der Waals surface area (Å²) in [6, 6.07) is 0.549. The van der Waals surface area contributed by atoms with Crippen LogP contribution in [0.15, 0.2) is 12.2 Å². The molecule has 1 saturated carbocycles. The first-order valence-corrected chi connectivity index (χ1v) is 6.02. The summed E-state index contributed by atoms with van der Waals surface area (Å²) in [6.45, 7) is 6.17. The standard InChI is InChI=1S/C13H26N2/c1-11(2)10-12(14-3)13(15(4)5)8-6-7-9-13/h12,14H,1,6-10H2,2-5H3. The van der Waals surface area contributed by atoms with Crippen LogP contribution in [0.25, 0.3) is 0 Å². The van der Waals surface area contributed by atoms with Crippen LogP contribution in [-0.2, 0) is 0 Å². The average molecular weight is 210 g/mol. The second kappa shape index (κ2) is 5.13. The molecule has 0 aromatic carbocycles. The molecule has 88 valence electrons. The summed E-state index contributed by atoms with van der Waals surface area (Å²) < 4.78 is 0. The molecule has 0 aromatic rings. The van der Waals surface area contributed by atoms with Gasteiger partial charge in [-0.1, -0.05) is 18.4 Å². The Morgan fingerprint density at radius 3 is 2.27 bits per heavy atom. The van der Waals surface area contributed by atoms with Crippen molar-refractivity contribution in [3.8, 4) is 0 Å². The quantitative estimate of drug-likeness (QED) is 0.701. The molecule has 2 nitrogen and oxygen atoms in total. The highest BCUT2D eigenvalue weighted by Gasteiger charge is 2.42. The van der Waals surface area contributed by atoms with E-state index in [1.165, 1.54) is 31.3 Å². The molecule has 0 radical (unpaired) electrons. The van der Waals surface area contributed by atoms with Crippen LogP contribution >= 0.6 is 0 Å². The summed E-state index contributed by atoms with van der Waals surface area (Å²) in [5.41, 5.74) is 1.63. The largest absolute Gasteiger partial charge is 0.315 e. The lowest BCUT2D eigenvalue weighted by atomic mass is 9.83. The summed E-state index contributed by atoms with van der Waals surface area (Å²) in [6.07, 6.45) is 6.46. The SMILES string of the molecule is C=C(C)CC(NC)C1(N(C)C)CCCC1. The Morgan fingerprint density at radius 1 is 1.40 bits per heavy atom. The van der Waals surface area contributed by atoms with Crippen molar-refractivity contribution in [3.63, 3.8) is 0 Å². The molecule has 0 bridgehead atoms. The van der Waals surface area contributed by atoms with Gasteiger partial charge in [-0.25, -0.2) is 0 Å². The lowest BCUT2D eigenvalue weighted by Crippen LogP contribution is -2.56. The summed E-state index contributed by atoms with van der Waals surface area (Å²) in [4.78, 5) is 2.42. The van der Waals surface area contributed by atoms with Crippen molar-refractivity contribution in [1.82, 2.24) is 10.2 Å². The smallest absolute Gasteiger partial charge is 0.0359 e. The molecule has 1 fully saturated rings. The fourth-order valence-electron chi connectivity index (χ4n) is 3.00. The van der Waals surface area contributed by atoms with Gasteiger partial charge in [-0.3, -0.25) is 0 Å². The molecule has 0 aromatic heterocycles. The minimum absolute atomic E-state index is 0.355. The summed E-state index contributed by atoms with van der Waals surface area (Å²) >= 11 is 0. The lowest BCUT2D eigenvalue weighted by molar-refractivity contribution is 0.108. The highest BCUT2D eigenvalue weighted by molar-refractivity contribution is 5.06. The van der Waals surface area contributed by atoms with Crippen LogP contribution in [-0.4, -0.2) is 37.6 Å². The molecule has 1 aliphatic rings. The number of hydrogen-bond donors (Lipinski definition) is 1. The van der Waals surface area contributed by atoms with Crippen molar-refractivity contribution in [1.29, 1.82) is 0 Å². The maximum absolute atomic E-state index is 4.05. The van der Waals surface area contributed by atoms with E-state index >= 15 is 0 Å². The van der Waals surface area contributed by atoms with Gasteiger partial charge in [-0.05, 0) is 47.3 Å². The van der Waals surface area contributed by atoms with Crippen LogP contribution in [0.3, 0.4) is 0 Å². The predicted molar refractivity (Wildman–Crippen MR) is 67.2 cm³/mol. The molecule has 15 heavy (non-hydrogen) atoms. The van der Waals surface area contributed by atoms with E-state index in [2.05, 4.69) is 44.9 Å². The van der Waals surface area contributed by atoms with Crippen LogP contribution < -0.4 is 5.32 Å². The molecule has 1 rings (SSSR count). The molecule has 1 unspecified atom stereocenters. The van der Waals surface area contributed by atoms with E-state index < -0.39 is 0 Å². The van der Waals surface area contributed by atoms with E-state index in [1.807, 2.05) is 0 Å². The second-order valence-electron chi connectivity index (χ2n) is 5.21. The minimum atomic E-state index is 0.355. The second-order valence-corrected chi connectivity index (χ2v) is 5.21. The van der Waals surface area contributed by atoms with Crippen molar-refractivity contribution in [2.24, 2.45) is 0 Å². The van der Waals surface area contributed by atoms with E-state index in [0.717, 1.165) is 6.42 Å². The fraction of sp³-hybridized carbons (Fsp3) is 0.846. The first kappa shape index (κ1) is 12.7. The third-order valence-electron chi connectivity index (χ3n) is 3.91. The molecular weight excluding hydrogens is 184 g/mol. The topological polar surface area (TPSA) is 15.3 Å². The van der Waals surface area contributed by atoms with Gasteiger partial charge >= 0.3 is 0 Å². The zero-order chi connectivity index (χ0) is 11.5. The number of nitrogens with zero attached hydrogens (tertiary/aromatic N) is 1. The van der Waals surface area contributed by atoms with Gasteiger partial charge in [0.1, 0.15) is 0 Å². The summed E-state index contributed by atoms with van der Waals surface area (Å²) in [5.74, 6) is 0. The maximum atomic E-state index is 4.05. The van der Waals surface area contributed by atoms with E-state index in [9.17, 15) is 0 Å². The van der Waals surface area contributed by atoms with Crippen LogP contribution in [0.4, 0.5) is 0 Å². The molecule has 1 aliphatic carbocycles. The highest BCUT2D eigenvalue weighted by Crippen LogP contribution is 2.38.